The Balaban J connectivity index is 1.82. The van der Waals surface area contributed by atoms with Gasteiger partial charge in [0.2, 0.25) is 0 Å². The highest BCUT2D eigenvalue weighted by molar-refractivity contribution is 6.18. The topological polar surface area (TPSA) is 82.1 Å². The standard InChI is InChI=1S/C33H38O6/c1-10-30(6,7)37-24-17-23(34)26-27(35)22-15-20-16-25-31(8,9)39-32(29(20)36,14-13-19(4)5)33(22,25)38-28(26)21(24)12-11-18(2)3/h1,11,13,15,17,20,25,34H,12,14,16H2,2-9H3/t20-,25+,32-,33-/m1/s1. The summed E-state index contributed by atoms with van der Waals surface area (Å²) in [5, 5.41) is 11.2. The van der Waals surface area contributed by atoms with Crippen molar-refractivity contribution in [1.29, 1.82) is 0 Å². The molecule has 1 aromatic rings. The summed E-state index contributed by atoms with van der Waals surface area (Å²) >= 11 is 0. The van der Waals surface area contributed by atoms with Crippen molar-refractivity contribution in [3.8, 4) is 29.6 Å². The third kappa shape index (κ3) is 3.73. The van der Waals surface area contributed by atoms with E-state index in [4.69, 9.17) is 20.6 Å². The molecule has 5 aliphatic rings. The minimum absolute atomic E-state index is 0.0576. The average molecular weight is 531 g/mol. The Hall–Kier alpha value is -3.30. The van der Waals surface area contributed by atoms with Crippen molar-refractivity contribution >= 4 is 11.6 Å². The van der Waals surface area contributed by atoms with Crippen LogP contribution in [0.3, 0.4) is 0 Å². The van der Waals surface area contributed by atoms with Crippen molar-refractivity contribution in [2.45, 2.75) is 97.1 Å². The zero-order valence-corrected chi connectivity index (χ0v) is 24.2. The number of hydrogen-bond acceptors (Lipinski definition) is 6. The summed E-state index contributed by atoms with van der Waals surface area (Å²) in [5.74, 6) is 1.87. The molecule has 2 heterocycles. The highest BCUT2D eigenvalue weighted by Gasteiger charge is 2.81. The van der Waals surface area contributed by atoms with Gasteiger partial charge in [-0.2, -0.15) is 0 Å². The van der Waals surface area contributed by atoms with Gasteiger partial charge in [0.25, 0.3) is 0 Å². The lowest BCUT2D eigenvalue weighted by Crippen LogP contribution is -2.72. The van der Waals surface area contributed by atoms with Crippen molar-refractivity contribution in [2.75, 3.05) is 0 Å². The molecule has 3 aliphatic carbocycles. The first-order valence-electron chi connectivity index (χ1n) is 13.6. The molecule has 6 heteroatoms. The number of benzene rings is 1. The first-order chi connectivity index (χ1) is 18.1. The molecule has 1 N–H and O–H groups in total. The zero-order chi connectivity index (χ0) is 28.7. The van der Waals surface area contributed by atoms with E-state index < -0.39 is 28.3 Å². The van der Waals surface area contributed by atoms with E-state index in [0.717, 1.165) is 11.1 Å². The van der Waals surface area contributed by atoms with Gasteiger partial charge < -0.3 is 19.3 Å². The van der Waals surface area contributed by atoms with Crippen LogP contribution in [0.15, 0.2) is 41.0 Å². The van der Waals surface area contributed by atoms with Gasteiger partial charge in [0, 0.05) is 35.5 Å². The molecule has 0 radical (unpaired) electrons. The predicted octanol–water partition coefficient (Wildman–Crippen LogP) is 6.05. The van der Waals surface area contributed by atoms with Gasteiger partial charge in [-0.1, -0.05) is 35.3 Å². The van der Waals surface area contributed by atoms with Crippen LogP contribution in [0.2, 0.25) is 0 Å². The van der Waals surface area contributed by atoms with Gasteiger partial charge in [-0.05, 0) is 68.2 Å². The number of phenolic OH excluding ortho intramolecular Hbond substituents is 1. The average Bonchev–Trinajstić information content (AvgIpc) is 2.99. The summed E-state index contributed by atoms with van der Waals surface area (Å²) in [6.07, 6.45) is 12.7. The normalized spacial score (nSPS) is 29.5. The van der Waals surface area contributed by atoms with E-state index in [9.17, 15) is 14.7 Å². The maximum absolute atomic E-state index is 14.3. The van der Waals surface area contributed by atoms with Gasteiger partial charge in [-0.3, -0.25) is 9.59 Å². The second-order valence-electron chi connectivity index (χ2n) is 12.8. The van der Waals surface area contributed by atoms with Crippen molar-refractivity contribution < 1.29 is 28.9 Å². The molecule has 0 aromatic heterocycles. The molecule has 6 rings (SSSR count). The molecule has 6 nitrogen and oxygen atoms in total. The van der Waals surface area contributed by atoms with Gasteiger partial charge >= 0.3 is 0 Å². The molecular formula is C33H38O6. The number of fused-ring (bicyclic) bond motifs is 1. The molecule has 4 bridgehead atoms. The molecular weight excluding hydrogens is 492 g/mol. The number of hydrogen-bond donors (Lipinski definition) is 1. The number of phenols is 1. The van der Waals surface area contributed by atoms with Crippen LogP contribution in [0.1, 0.15) is 84.2 Å². The van der Waals surface area contributed by atoms with Crippen molar-refractivity contribution in [3.05, 3.63) is 52.1 Å². The minimum Gasteiger partial charge on any atom is -0.507 e. The Morgan fingerprint density at radius 3 is 2.49 bits per heavy atom. The number of terminal acetylenes is 1. The summed E-state index contributed by atoms with van der Waals surface area (Å²) in [7, 11) is 0. The third-order valence-corrected chi connectivity index (χ3v) is 8.64. The number of carbonyl (C=O) groups is 2. The highest BCUT2D eigenvalue weighted by atomic mass is 16.6. The molecule has 1 saturated carbocycles. The Labute approximate surface area is 231 Å². The fraction of sp³-hybridized carbons (Fsp3) is 0.515. The maximum Gasteiger partial charge on any atom is 0.200 e. The summed E-state index contributed by atoms with van der Waals surface area (Å²) in [6, 6.07) is 1.45. The Morgan fingerprint density at radius 2 is 1.87 bits per heavy atom. The van der Waals surface area contributed by atoms with E-state index in [1.807, 2.05) is 53.7 Å². The van der Waals surface area contributed by atoms with Crippen LogP contribution < -0.4 is 9.47 Å². The molecule has 1 aromatic carbocycles. The van der Waals surface area contributed by atoms with Gasteiger partial charge in [-0.15, -0.1) is 6.42 Å². The van der Waals surface area contributed by atoms with Crippen LogP contribution in [0.5, 0.6) is 17.2 Å². The van der Waals surface area contributed by atoms with Gasteiger partial charge in [0.15, 0.2) is 28.4 Å². The van der Waals surface area contributed by atoms with Crippen LogP contribution in [0.25, 0.3) is 0 Å². The van der Waals surface area contributed by atoms with Crippen LogP contribution in [0, 0.1) is 24.2 Å². The van der Waals surface area contributed by atoms with Crippen LogP contribution in [-0.2, 0) is 16.0 Å². The van der Waals surface area contributed by atoms with Crippen molar-refractivity contribution in [2.24, 2.45) is 11.8 Å². The van der Waals surface area contributed by atoms with Gasteiger partial charge in [0.1, 0.15) is 22.8 Å². The smallest absolute Gasteiger partial charge is 0.200 e. The van der Waals surface area contributed by atoms with Crippen LogP contribution >= 0.6 is 0 Å². The Morgan fingerprint density at radius 1 is 1.21 bits per heavy atom. The molecule has 206 valence electrons. The van der Waals surface area contributed by atoms with Crippen LogP contribution in [-0.4, -0.2) is 39.1 Å². The monoisotopic (exact) mass is 530 g/mol. The summed E-state index contributed by atoms with van der Waals surface area (Å²) in [6.45, 7) is 15.4. The van der Waals surface area contributed by atoms with Crippen LogP contribution in [0.4, 0.5) is 0 Å². The number of Topliss-reactive ketones (excluding diaryl/α,β-unsaturated/α-hetero) is 2. The number of ether oxygens (including phenoxy) is 3. The quantitative estimate of drug-likeness (QED) is 0.356. The summed E-state index contributed by atoms with van der Waals surface area (Å²) in [4.78, 5) is 28.4. The first kappa shape index (κ1) is 27.3. The maximum atomic E-state index is 14.3. The van der Waals surface area contributed by atoms with Crippen molar-refractivity contribution in [3.63, 3.8) is 0 Å². The molecule has 4 atom stereocenters. The Bertz CT molecular complexity index is 1420. The lowest BCUT2D eigenvalue weighted by Gasteiger charge is -2.56. The van der Waals surface area contributed by atoms with E-state index >= 15 is 0 Å². The molecule has 1 spiro atoms. The van der Waals surface area contributed by atoms with E-state index in [0.29, 0.717) is 36.1 Å². The summed E-state index contributed by atoms with van der Waals surface area (Å²) in [5.41, 5.74) is -1.19. The lowest BCUT2D eigenvalue weighted by atomic mass is 9.51. The fourth-order valence-corrected chi connectivity index (χ4v) is 6.86. The first-order valence-corrected chi connectivity index (χ1v) is 13.6. The molecule has 1 saturated heterocycles. The minimum atomic E-state index is -1.36. The second-order valence-corrected chi connectivity index (χ2v) is 12.8. The van der Waals surface area contributed by atoms with Gasteiger partial charge in [-0.25, -0.2) is 0 Å². The second kappa shape index (κ2) is 8.60. The number of ketones is 2. The van der Waals surface area contributed by atoms with E-state index in [-0.39, 0.29) is 34.5 Å². The van der Waals surface area contributed by atoms with Gasteiger partial charge in [0.05, 0.1) is 5.60 Å². The summed E-state index contributed by atoms with van der Waals surface area (Å²) < 4.78 is 20.0. The molecule has 0 unspecified atom stereocenters. The zero-order valence-electron chi connectivity index (χ0n) is 24.2. The third-order valence-electron chi connectivity index (χ3n) is 8.64. The number of rotatable bonds is 6. The number of aromatic hydroxyl groups is 1. The molecule has 2 fully saturated rings. The molecule has 39 heavy (non-hydrogen) atoms. The SMILES string of the molecule is C#CC(C)(C)Oc1cc(O)c2c(c1CC=C(C)C)O[C@]13C(=C[C@@H]4C[C@H]1C(C)(C)O[C@]3(CC=C(C)C)C4=O)C2=O. The lowest BCUT2D eigenvalue weighted by molar-refractivity contribution is -0.171. The highest BCUT2D eigenvalue weighted by Crippen LogP contribution is 2.68. The number of allylic oxidation sites excluding steroid dienone is 4. The largest absolute Gasteiger partial charge is 0.507 e. The molecule has 0 amide bonds. The van der Waals surface area contributed by atoms with E-state index in [1.54, 1.807) is 19.9 Å². The Kier molecular flexibility index (Phi) is 6.01. The number of carbonyl (C=O) groups excluding carboxylic acids is 2. The predicted molar refractivity (Wildman–Crippen MR) is 149 cm³/mol. The molecule has 2 aliphatic heterocycles. The van der Waals surface area contributed by atoms with E-state index in [1.165, 1.54) is 6.07 Å². The van der Waals surface area contributed by atoms with Crippen molar-refractivity contribution in [1.82, 2.24) is 0 Å². The van der Waals surface area contributed by atoms with E-state index in [2.05, 4.69) is 5.92 Å². The fourth-order valence-electron chi connectivity index (χ4n) is 6.86.